The zero-order valence-corrected chi connectivity index (χ0v) is 11.1. The van der Waals surface area contributed by atoms with Crippen LogP contribution >= 0.6 is 11.6 Å². The van der Waals surface area contributed by atoms with E-state index in [4.69, 9.17) is 11.6 Å². The zero-order valence-electron chi connectivity index (χ0n) is 10.3. The van der Waals surface area contributed by atoms with Gasteiger partial charge in [0.1, 0.15) is 0 Å². The molecule has 1 amide bonds. The summed E-state index contributed by atoms with van der Waals surface area (Å²) in [5.41, 5.74) is 0.810. The van der Waals surface area contributed by atoms with E-state index in [1.165, 1.54) is 4.90 Å². The molecule has 1 aliphatic heterocycles. The second-order valence-corrected chi connectivity index (χ2v) is 5.09. The average molecular weight is 289 g/mol. The van der Waals surface area contributed by atoms with Gasteiger partial charge in [0, 0.05) is 24.5 Å². The van der Waals surface area contributed by atoms with Crippen LogP contribution in [-0.2, 0) is 11.3 Å². The van der Waals surface area contributed by atoms with Crippen molar-refractivity contribution in [2.75, 3.05) is 19.6 Å². The molecule has 1 heterocycles. The Morgan fingerprint density at radius 3 is 2.79 bits per heavy atom. The molecule has 104 valence electrons. The fourth-order valence-electron chi connectivity index (χ4n) is 2.04. The van der Waals surface area contributed by atoms with Crippen LogP contribution in [0, 0.1) is 0 Å². The number of halogens is 3. The molecule has 0 radical (unpaired) electrons. The van der Waals surface area contributed by atoms with Gasteiger partial charge >= 0.3 is 0 Å². The molecule has 1 aliphatic rings. The quantitative estimate of drug-likeness (QED) is 0.922. The molecule has 0 spiro atoms. The van der Waals surface area contributed by atoms with Crippen molar-refractivity contribution in [2.24, 2.45) is 0 Å². The van der Waals surface area contributed by atoms with Gasteiger partial charge in [0.15, 0.2) is 0 Å². The molecular weight excluding hydrogens is 274 g/mol. The summed E-state index contributed by atoms with van der Waals surface area (Å²) in [5.74, 6) is -2.93. The Morgan fingerprint density at radius 1 is 1.42 bits per heavy atom. The molecule has 3 nitrogen and oxygen atoms in total. The highest BCUT2D eigenvalue weighted by Gasteiger charge is 2.38. The molecule has 0 aliphatic carbocycles. The van der Waals surface area contributed by atoms with Crippen molar-refractivity contribution < 1.29 is 13.6 Å². The van der Waals surface area contributed by atoms with Crippen LogP contribution in [0.1, 0.15) is 12.0 Å². The number of alkyl halides is 2. The highest BCUT2D eigenvalue weighted by atomic mass is 35.5. The van der Waals surface area contributed by atoms with Crippen molar-refractivity contribution >= 4 is 17.5 Å². The topological polar surface area (TPSA) is 32.3 Å². The van der Waals surface area contributed by atoms with E-state index in [0.717, 1.165) is 5.56 Å². The largest absolute Gasteiger partial charge is 0.351 e. The zero-order chi connectivity index (χ0) is 13.9. The molecule has 19 heavy (non-hydrogen) atoms. The molecule has 2 rings (SSSR count). The van der Waals surface area contributed by atoms with Crippen molar-refractivity contribution in [2.45, 2.75) is 18.9 Å². The van der Waals surface area contributed by atoms with Gasteiger partial charge in [-0.15, -0.1) is 0 Å². The molecule has 0 unspecified atom stereocenters. The third kappa shape index (κ3) is 4.14. The number of hydrogen-bond donors (Lipinski definition) is 1. The van der Waals surface area contributed by atoms with E-state index in [1.54, 1.807) is 12.1 Å². The van der Waals surface area contributed by atoms with E-state index < -0.39 is 5.92 Å². The van der Waals surface area contributed by atoms with Crippen molar-refractivity contribution in [3.05, 3.63) is 34.9 Å². The lowest BCUT2D eigenvalue weighted by Gasteiger charge is -2.15. The minimum atomic E-state index is -2.66. The first-order valence-electron chi connectivity index (χ1n) is 6.06. The highest BCUT2D eigenvalue weighted by molar-refractivity contribution is 6.31. The first-order valence-corrected chi connectivity index (χ1v) is 6.44. The summed E-state index contributed by atoms with van der Waals surface area (Å²) in [7, 11) is 0. The summed E-state index contributed by atoms with van der Waals surface area (Å²) < 4.78 is 25.9. The predicted molar refractivity (Wildman–Crippen MR) is 69.3 cm³/mol. The second-order valence-electron chi connectivity index (χ2n) is 4.68. The van der Waals surface area contributed by atoms with Gasteiger partial charge in [0.2, 0.25) is 5.91 Å². The number of carbonyl (C=O) groups excluding carboxylic acids is 1. The fraction of sp³-hybridized carbons (Fsp3) is 0.462. The van der Waals surface area contributed by atoms with Gasteiger partial charge in [0.25, 0.3) is 5.92 Å². The smallest absolute Gasteiger partial charge is 0.261 e. The van der Waals surface area contributed by atoms with Crippen LogP contribution in [0.3, 0.4) is 0 Å². The third-order valence-corrected chi connectivity index (χ3v) is 3.42. The van der Waals surface area contributed by atoms with E-state index >= 15 is 0 Å². The summed E-state index contributed by atoms with van der Waals surface area (Å²) in [4.78, 5) is 13.1. The van der Waals surface area contributed by atoms with Crippen molar-refractivity contribution in [1.29, 1.82) is 0 Å². The lowest BCUT2D eigenvalue weighted by Crippen LogP contribution is -2.36. The van der Waals surface area contributed by atoms with Crippen molar-refractivity contribution in [3.8, 4) is 0 Å². The second kappa shape index (κ2) is 5.84. The van der Waals surface area contributed by atoms with Gasteiger partial charge in [0.05, 0.1) is 13.1 Å². The van der Waals surface area contributed by atoms with Crippen LogP contribution in [0.2, 0.25) is 5.02 Å². The molecule has 0 bridgehead atoms. The van der Waals surface area contributed by atoms with Crippen molar-refractivity contribution in [3.63, 3.8) is 0 Å². The van der Waals surface area contributed by atoms with Crippen LogP contribution in [0.4, 0.5) is 8.78 Å². The number of amides is 1. The maximum Gasteiger partial charge on any atom is 0.261 e. The molecule has 0 atom stereocenters. The highest BCUT2D eigenvalue weighted by Crippen LogP contribution is 2.26. The maximum absolute atomic E-state index is 13.0. The van der Waals surface area contributed by atoms with E-state index in [0.29, 0.717) is 11.6 Å². The Morgan fingerprint density at radius 2 is 2.16 bits per heavy atom. The SMILES string of the molecule is O=C(CN1CCC(F)(F)C1)NCc1ccccc1Cl. The van der Waals surface area contributed by atoms with Gasteiger partial charge in [-0.3, -0.25) is 9.69 Å². The van der Waals surface area contributed by atoms with Crippen molar-refractivity contribution in [1.82, 2.24) is 10.2 Å². The summed E-state index contributed by atoms with van der Waals surface area (Å²) in [5, 5.41) is 3.26. The van der Waals surface area contributed by atoms with Gasteiger partial charge in [-0.25, -0.2) is 8.78 Å². The van der Waals surface area contributed by atoms with Crippen LogP contribution in [0.5, 0.6) is 0 Å². The Balaban J connectivity index is 1.78. The number of carbonyl (C=O) groups is 1. The minimum Gasteiger partial charge on any atom is -0.351 e. The first-order chi connectivity index (χ1) is 8.96. The van der Waals surface area contributed by atoms with Gasteiger partial charge in [-0.1, -0.05) is 29.8 Å². The first kappa shape index (κ1) is 14.2. The number of rotatable bonds is 4. The third-order valence-electron chi connectivity index (χ3n) is 3.05. The summed E-state index contributed by atoms with van der Waals surface area (Å²) >= 11 is 5.95. The van der Waals surface area contributed by atoms with E-state index in [-0.39, 0.29) is 32.0 Å². The van der Waals surface area contributed by atoms with Gasteiger partial charge < -0.3 is 5.32 Å². The number of likely N-dealkylation sites (tertiary alicyclic amines) is 1. The molecule has 0 saturated carbocycles. The van der Waals surface area contributed by atoms with E-state index in [2.05, 4.69) is 5.32 Å². The molecule has 1 aromatic rings. The van der Waals surface area contributed by atoms with Gasteiger partial charge in [-0.05, 0) is 11.6 Å². The molecule has 1 fully saturated rings. The molecule has 1 N–H and O–H groups in total. The summed E-state index contributed by atoms with van der Waals surface area (Å²) in [6, 6.07) is 7.19. The van der Waals surface area contributed by atoms with Crippen LogP contribution in [0.25, 0.3) is 0 Å². The molecule has 6 heteroatoms. The Labute approximate surface area is 115 Å². The predicted octanol–water partition coefficient (Wildman–Crippen LogP) is 2.30. The number of benzene rings is 1. The lowest BCUT2D eigenvalue weighted by molar-refractivity contribution is -0.122. The van der Waals surface area contributed by atoms with E-state index in [9.17, 15) is 13.6 Å². The number of nitrogens with zero attached hydrogens (tertiary/aromatic N) is 1. The maximum atomic E-state index is 13.0. The normalized spacial score (nSPS) is 18.5. The van der Waals surface area contributed by atoms with Crippen LogP contribution in [0.15, 0.2) is 24.3 Å². The monoisotopic (exact) mass is 288 g/mol. The average Bonchev–Trinajstić information content (AvgIpc) is 2.67. The number of nitrogens with one attached hydrogen (secondary N) is 1. The fourth-order valence-corrected chi connectivity index (χ4v) is 2.24. The van der Waals surface area contributed by atoms with Crippen LogP contribution < -0.4 is 5.32 Å². The van der Waals surface area contributed by atoms with Crippen LogP contribution in [-0.4, -0.2) is 36.4 Å². The number of hydrogen-bond acceptors (Lipinski definition) is 2. The Hall–Kier alpha value is -1.20. The van der Waals surface area contributed by atoms with Gasteiger partial charge in [-0.2, -0.15) is 0 Å². The molecule has 0 aromatic heterocycles. The molecule has 1 aromatic carbocycles. The molecular formula is C13H15ClF2N2O. The Bertz CT molecular complexity index is 468. The lowest BCUT2D eigenvalue weighted by atomic mass is 10.2. The summed E-state index contributed by atoms with van der Waals surface area (Å²) in [6.07, 6.45) is -0.176. The molecule has 1 saturated heterocycles. The Kier molecular flexibility index (Phi) is 4.37. The van der Waals surface area contributed by atoms with E-state index in [1.807, 2.05) is 12.1 Å². The minimum absolute atomic E-state index is 0.0000423. The standard InChI is InChI=1S/C13H15ClF2N2O/c14-11-4-2-1-3-10(11)7-17-12(19)8-18-6-5-13(15,16)9-18/h1-4H,5-9H2,(H,17,19). The summed E-state index contributed by atoms with van der Waals surface area (Å²) in [6.45, 7) is 0.224.